The lowest BCUT2D eigenvalue weighted by Crippen LogP contribution is -2.20. The highest BCUT2D eigenvalue weighted by molar-refractivity contribution is 9.10. The second-order valence-corrected chi connectivity index (χ2v) is 6.61. The summed E-state index contributed by atoms with van der Waals surface area (Å²) >= 11 is 3.48. The molecule has 0 aliphatic carbocycles. The van der Waals surface area contributed by atoms with Gasteiger partial charge in [0, 0.05) is 5.69 Å². The molecular formula is C20H24BrNO2. The lowest BCUT2D eigenvalue weighted by molar-refractivity contribution is -0.118. The van der Waals surface area contributed by atoms with Crippen LogP contribution in [0.4, 0.5) is 5.69 Å². The highest BCUT2D eigenvalue weighted by atomic mass is 79.9. The highest BCUT2D eigenvalue weighted by Gasteiger charge is 2.07. The molecule has 1 N–H and O–H groups in total. The Bertz CT molecular complexity index is 668. The number of ether oxygens (including phenoxy) is 1. The minimum Gasteiger partial charge on any atom is -0.483 e. The number of unbranched alkanes of at least 4 members (excludes halogenated alkanes) is 1. The van der Waals surface area contributed by atoms with Gasteiger partial charge >= 0.3 is 0 Å². The van der Waals surface area contributed by atoms with Crippen LogP contribution in [0.5, 0.6) is 5.75 Å². The molecule has 24 heavy (non-hydrogen) atoms. The molecule has 2 rings (SSSR count). The van der Waals surface area contributed by atoms with Gasteiger partial charge in [0.05, 0.1) is 4.47 Å². The Morgan fingerprint density at radius 1 is 1.08 bits per heavy atom. The van der Waals surface area contributed by atoms with Crippen molar-refractivity contribution in [1.82, 2.24) is 0 Å². The van der Waals surface area contributed by atoms with Crippen molar-refractivity contribution in [2.24, 2.45) is 0 Å². The maximum atomic E-state index is 12.0. The largest absolute Gasteiger partial charge is 0.483 e. The van der Waals surface area contributed by atoms with Gasteiger partial charge in [-0.3, -0.25) is 4.79 Å². The van der Waals surface area contributed by atoms with Gasteiger partial charge in [-0.15, -0.1) is 0 Å². The number of hydrogen-bond acceptors (Lipinski definition) is 2. The van der Waals surface area contributed by atoms with Crippen LogP contribution in [-0.4, -0.2) is 12.5 Å². The van der Waals surface area contributed by atoms with Gasteiger partial charge in [0.25, 0.3) is 5.91 Å². The van der Waals surface area contributed by atoms with Crippen LogP contribution in [0, 0.1) is 0 Å². The first-order valence-corrected chi connectivity index (χ1v) is 9.21. The van der Waals surface area contributed by atoms with Crippen LogP contribution < -0.4 is 10.1 Å². The summed E-state index contributed by atoms with van der Waals surface area (Å²) in [6.45, 7) is 4.27. The molecule has 0 atom stereocenters. The fourth-order valence-corrected chi connectivity index (χ4v) is 2.90. The second kappa shape index (κ2) is 9.48. The zero-order chi connectivity index (χ0) is 17.4. The van der Waals surface area contributed by atoms with Gasteiger partial charge in [0.15, 0.2) is 6.61 Å². The summed E-state index contributed by atoms with van der Waals surface area (Å²) in [5.74, 6) is 0.514. The van der Waals surface area contributed by atoms with Crippen molar-refractivity contribution in [1.29, 1.82) is 0 Å². The minimum absolute atomic E-state index is 0.0122. The van der Waals surface area contributed by atoms with Crippen LogP contribution in [0.25, 0.3) is 0 Å². The molecule has 0 heterocycles. The van der Waals surface area contributed by atoms with Crippen LogP contribution in [-0.2, 0) is 17.6 Å². The number of carbonyl (C=O) groups excluding carboxylic acids is 1. The molecule has 0 aliphatic rings. The Labute approximate surface area is 152 Å². The van der Waals surface area contributed by atoms with Gasteiger partial charge in [-0.25, -0.2) is 0 Å². The smallest absolute Gasteiger partial charge is 0.262 e. The van der Waals surface area contributed by atoms with Crippen molar-refractivity contribution < 1.29 is 9.53 Å². The van der Waals surface area contributed by atoms with Crippen molar-refractivity contribution in [3.63, 3.8) is 0 Å². The van der Waals surface area contributed by atoms with E-state index in [0.29, 0.717) is 5.75 Å². The topological polar surface area (TPSA) is 38.3 Å². The fraction of sp³-hybridized carbons (Fsp3) is 0.350. The Morgan fingerprint density at radius 2 is 1.79 bits per heavy atom. The number of benzene rings is 2. The molecule has 1 amide bonds. The zero-order valence-electron chi connectivity index (χ0n) is 14.3. The standard InChI is InChI=1S/C20H24BrNO2/c1-3-5-6-16-7-10-17(11-8-16)22-20(23)14-24-19-12-9-15(4-2)13-18(19)21/h7-13H,3-6,14H2,1-2H3,(H,22,23). The molecule has 2 aromatic rings. The Hall–Kier alpha value is -1.81. The average molecular weight is 390 g/mol. The van der Waals surface area contributed by atoms with Crippen molar-refractivity contribution in [3.8, 4) is 5.75 Å². The van der Waals surface area contributed by atoms with E-state index in [1.807, 2.05) is 30.3 Å². The molecule has 3 nitrogen and oxygen atoms in total. The molecule has 0 aromatic heterocycles. The number of nitrogens with one attached hydrogen (secondary N) is 1. The SMILES string of the molecule is CCCCc1ccc(NC(=O)COc2ccc(CC)cc2Br)cc1. The van der Waals surface area contributed by atoms with E-state index in [4.69, 9.17) is 4.74 Å². The van der Waals surface area contributed by atoms with E-state index < -0.39 is 0 Å². The van der Waals surface area contributed by atoms with Crippen LogP contribution in [0.1, 0.15) is 37.8 Å². The second-order valence-electron chi connectivity index (χ2n) is 5.76. The Kier molecular flexibility index (Phi) is 7.32. The average Bonchev–Trinajstić information content (AvgIpc) is 2.60. The van der Waals surface area contributed by atoms with Crippen LogP contribution in [0.2, 0.25) is 0 Å². The third-order valence-electron chi connectivity index (χ3n) is 3.82. The van der Waals surface area contributed by atoms with Crippen molar-refractivity contribution in [2.75, 3.05) is 11.9 Å². The summed E-state index contributed by atoms with van der Waals surface area (Å²) in [6.07, 6.45) is 4.42. The predicted molar refractivity (Wildman–Crippen MR) is 103 cm³/mol. The van der Waals surface area contributed by atoms with Crippen LogP contribution in [0.3, 0.4) is 0 Å². The summed E-state index contributed by atoms with van der Waals surface area (Å²) in [5.41, 5.74) is 3.32. The first-order valence-electron chi connectivity index (χ1n) is 8.42. The van der Waals surface area contributed by atoms with Gasteiger partial charge in [0.1, 0.15) is 5.75 Å². The number of carbonyl (C=O) groups is 1. The molecule has 0 aliphatic heterocycles. The first-order chi connectivity index (χ1) is 11.6. The molecule has 4 heteroatoms. The maximum Gasteiger partial charge on any atom is 0.262 e. The molecule has 0 bridgehead atoms. The monoisotopic (exact) mass is 389 g/mol. The highest BCUT2D eigenvalue weighted by Crippen LogP contribution is 2.26. The van der Waals surface area contributed by atoms with Crippen molar-refractivity contribution in [3.05, 3.63) is 58.1 Å². The molecule has 0 spiro atoms. The summed E-state index contributed by atoms with van der Waals surface area (Å²) in [4.78, 5) is 12.0. The van der Waals surface area contributed by atoms with Gasteiger partial charge in [-0.1, -0.05) is 38.5 Å². The number of anilines is 1. The maximum absolute atomic E-state index is 12.0. The molecule has 0 saturated carbocycles. The number of rotatable bonds is 8. The van der Waals surface area contributed by atoms with E-state index in [-0.39, 0.29) is 12.5 Å². The number of amides is 1. The van der Waals surface area contributed by atoms with E-state index in [0.717, 1.165) is 23.0 Å². The summed E-state index contributed by atoms with van der Waals surface area (Å²) < 4.78 is 6.46. The van der Waals surface area contributed by atoms with Gasteiger partial charge < -0.3 is 10.1 Å². The molecule has 0 fully saturated rings. The molecule has 0 saturated heterocycles. The molecule has 128 valence electrons. The Balaban J connectivity index is 1.84. The van der Waals surface area contributed by atoms with Gasteiger partial charge in [-0.05, 0) is 70.6 Å². The van der Waals surface area contributed by atoms with Gasteiger partial charge in [-0.2, -0.15) is 0 Å². The minimum atomic E-state index is -0.164. The predicted octanol–water partition coefficient (Wildman–Crippen LogP) is 5.37. The summed E-state index contributed by atoms with van der Waals surface area (Å²) in [6, 6.07) is 13.9. The number of hydrogen-bond donors (Lipinski definition) is 1. The summed E-state index contributed by atoms with van der Waals surface area (Å²) in [7, 11) is 0. The Morgan fingerprint density at radius 3 is 2.42 bits per heavy atom. The third kappa shape index (κ3) is 5.68. The first kappa shape index (κ1) is 18.5. The van der Waals surface area contributed by atoms with E-state index in [1.54, 1.807) is 0 Å². The van der Waals surface area contributed by atoms with E-state index in [9.17, 15) is 4.79 Å². The van der Waals surface area contributed by atoms with Gasteiger partial charge in [0.2, 0.25) is 0 Å². The van der Waals surface area contributed by atoms with Crippen LogP contribution >= 0.6 is 15.9 Å². The molecule has 0 radical (unpaired) electrons. The number of aryl methyl sites for hydroxylation is 2. The quantitative estimate of drug-likeness (QED) is 0.658. The van der Waals surface area contributed by atoms with Crippen LogP contribution in [0.15, 0.2) is 46.9 Å². The number of halogens is 1. The molecule has 2 aromatic carbocycles. The van der Waals surface area contributed by atoms with Crippen molar-refractivity contribution >= 4 is 27.5 Å². The molecular weight excluding hydrogens is 366 g/mol. The lowest BCUT2D eigenvalue weighted by Gasteiger charge is -2.10. The normalized spacial score (nSPS) is 10.5. The summed E-state index contributed by atoms with van der Waals surface area (Å²) in [5, 5.41) is 2.86. The zero-order valence-corrected chi connectivity index (χ0v) is 15.9. The lowest BCUT2D eigenvalue weighted by atomic mass is 10.1. The van der Waals surface area contributed by atoms with E-state index in [2.05, 4.69) is 47.2 Å². The van der Waals surface area contributed by atoms with E-state index in [1.165, 1.54) is 24.0 Å². The fourth-order valence-electron chi connectivity index (χ4n) is 2.36. The third-order valence-corrected chi connectivity index (χ3v) is 4.44. The van der Waals surface area contributed by atoms with Crippen molar-refractivity contribution in [2.45, 2.75) is 39.5 Å². The molecule has 0 unspecified atom stereocenters. The van der Waals surface area contributed by atoms with E-state index >= 15 is 0 Å².